The maximum absolute atomic E-state index is 11.2. The van der Waals surface area contributed by atoms with E-state index in [1.54, 1.807) is 0 Å². The molecule has 2 rings (SSSR count). The molecule has 0 saturated heterocycles. The Bertz CT molecular complexity index is 554. The highest BCUT2D eigenvalue weighted by Gasteiger charge is 2.11. The summed E-state index contributed by atoms with van der Waals surface area (Å²) >= 11 is 0. The molecule has 0 N–H and O–H groups in total. The summed E-state index contributed by atoms with van der Waals surface area (Å²) in [5.41, 5.74) is 0.972. The average Bonchev–Trinajstić information content (AvgIpc) is 2.61. The lowest BCUT2D eigenvalue weighted by Crippen LogP contribution is -2.21. The summed E-state index contributed by atoms with van der Waals surface area (Å²) in [6.07, 6.45) is 0.399. The van der Waals surface area contributed by atoms with Crippen LogP contribution in [0, 0.1) is 0 Å². The van der Waals surface area contributed by atoms with Gasteiger partial charge in [-0.3, -0.25) is 4.79 Å². The zero-order chi connectivity index (χ0) is 11.5. The molecule has 82 valence electrons. The minimum absolute atomic E-state index is 0.242. The third kappa shape index (κ3) is 2.08. The number of carbonyl (C=O) groups is 1. The molecule has 1 aromatic carbocycles. The smallest absolute Gasteiger partial charge is 0.392 e. The van der Waals surface area contributed by atoms with E-state index in [0.717, 1.165) is 10.2 Å². The molecule has 0 aliphatic carbocycles. The summed E-state index contributed by atoms with van der Waals surface area (Å²) in [6, 6.07) is 9.46. The number of aromatic nitrogens is 2. The molecule has 1 aromatic heterocycles. The molecule has 0 atom stereocenters. The van der Waals surface area contributed by atoms with Crippen LogP contribution in [0.5, 0.6) is 0 Å². The lowest BCUT2D eigenvalue weighted by Gasteiger charge is -1.94. The predicted molar refractivity (Wildman–Crippen MR) is 56.3 cm³/mol. The molecule has 0 aliphatic rings. The van der Waals surface area contributed by atoms with Crippen LogP contribution in [0.15, 0.2) is 39.5 Å². The van der Waals surface area contributed by atoms with E-state index in [4.69, 9.17) is 4.42 Å². The molecule has 0 fully saturated rings. The van der Waals surface area contributed by atoms with Crippen molar-refractivity contribution in [3.63, 3.8) is 0 Å². The highest BCUT2D eigenvalue weighted by atomic mass is 16.4. The normalized spacial score (nSPS) is 10.3. The van der Waals surface area contributed by atoms with Crippen LogP contribution < -0.4 is 5.76 Å². The largest absolute Gasteiger partial charge is 0.444 e. The molecule has 0 unspecified atom stereocenters. The van der Waals surface area contributed by atoms with Crippen LogP contribution in [-0.2, 0) is 6.42 Å². The van der Waals surface area contributed by atoms with Gasteiger partial charge in [0.1, 0.15) is 0 Å². The molecular weight excluding hydrogens is 208 g/mol. The van der Waals surface area contributed by atoms with E-state index in [9.17, 15) is 9.59 Å². The zero-order valence-corrected chi connectivity index (χ0v) is 8.71. The van der Waals surface area contributed by atoms with Crippen molar-refractivity contribution in [1.29, 1.82) is 0 Å². The average molecular weight is 218 g/mol. The fourth-order valence-corrected chi connectivity index (χ4v) is 1.36. The van der Waals surface area contributed by atoms with Crippen molar-refractivity contribution in [2.75, 3.05) is 0 Å². The predicted octanol–water partition coefficient (Wildman–Crippen LogP) is 1.09. The molecule has 1 heterocycles. The van der Waals surface area contributed by atoms with Crippen molar-refractivity contribution in [3.05, 3.63) is 52.3 Å². The van der Waals surface area contributed by atoms with Crippen LogP contribution in [0.3, 0.4) is 0 Å². The van der Waals surface area contributed by atoms with Gasteiger partial charge in [-0.05, 0) is 5.56 Å². The summed E-state index contributed by atoms with van der Waals surface area (Å²) < 4.78 is 5.58. The topological polar surface area (TPSA) is 65.1 Å². The van der Waals surface area contributed by atoms with Crippen molar-refractivity contribution in [2.45, 2.75) is 13.3 Å². The van der Waals surface area contributed by atoms with Crippen LogP contribution in [-0.4, -0.2) is 15.7 Å². The monoisotopic (exact) mass is 218 g/mol. The van der Waals surface area contributed by atoms with Gasteiger partial charge in [0.15, 0.2) is 0 Å². The number of carbonyl (C=O) groups excluding carboxylic acids is 1. The third-order valence-electron chi connectivity index (χ3n) is 2.09. The fraction of sp³-hybridized carbons (Fsp3) is 0.182. The van der Waals surface area contributed by atoms with Gasteiger partial charge in [0.25, 0.3) is 0 Å². The first-order valence-corrected chi connectivity index (χ1v) is 4.81. The number of nitrogens with zero attached hydrogens (tertiary/aromatic N) is 2. The first kappa shape index (κ1) is 10.4. The Morgan fingerprint density at radius 2 is 2.06 bits per heavy atom. The van der Waals surface area contributed by atoms with Gasteiger partial charge in [-0.25, -0.2) is 4.79 Å². The van der Waals surface area contributed by atoms with Crippen molar-refractivity contribution in [3.8, 4) is 0 Å². The molecule has 0 radical (unpaired) electrons. The summed E-state index contributed by atoms with van der Waals surface area (Å²) in [7, 11) is 0. The Morgan fingerprint density at radius 1 is 1.38 bits per heavy atom. The summed E-state index contributed by atoms with van der Waals surface area (Å²) in [5, 5.41) is 3.79. The Morgan fingerprint density at radius 3 is 2.62 bits per heavy atom. The van der Waals surface area contributed by atoms with E-state index >= 15 is 0 Å². The van der Waals surface area contributed by atoms with Gasteiger partial charge < -0.3 is 4.42 Å². The molecule has 5 heteroatoms. The third-order valence-corrected chi connectivity index (χ3v) is 2.09. The fourth-order valence-electron chi connectivity index (χ4n) is 1.36. The highest BCUT2D eigenvalue weighted by molar-refractivity contribution is 5.74. The number of benzene rings is 1. The SMILES string of the molecule is CC(=O)n1nc(Cc2ccccc2)oc1=O. The van der Waals surface area contributed by atoms with Gasteiger partial charge in [0.05, 0.1) is 6.42 Å². The summed E-state index contributed by atoms with van der Waals surface area (Å²) in [5.74, 6) is -0.946. The molecule has 0 amide bonds. The first-order chi connectivity index (χ1) is 7.66. The minimum Gasteiger partial charge on any atom is -0.392 e. The van der Waals surface area contributed by atoms with Crippen molar-refractivity contribution in [1.82, 2.24) is 9.78 Å². The lowest BCUT2D eigenvalue weighted by molar-refractivity contribution is 0.0913. The van der Waals surface area contributed by atoms with E-state index in [-0.39, 0.29) is 5.89 Å². The summed E-state index contributed by atoms with van der Waals surface area (Å²) in [6.45, 7) is 1.26. The van der Waals surface area contributed by atoms with Crippen LogP contribution in [0.25, 0.3) is 0 Å². The van der Waals surface area contributed by atoms with E-state index in [1.165, 1.54) is 6.92 Å². The second kappa shape index (κ2) is 4.14. The van der Waals surface area contributed by atoms with Gasteiger partial charge in [-0.2, -0.15) is 0 Å². The molecule has 0 saturated carbocycles. The van der Waals surface area contributed by atoms with Crippen LogP contribution in [0.1, 0.15) is 23.2 Å². The Balaban J connectivity index is 2.27. The second-order valence-electron chi connectivity index (χ2n) is 3.35. The van der Waals surface area contributed by atoms with Crippen LogP contribution in [0.4, 0.5) is 0 Å². The van der Waals surface area contributed by atoms with Gasteiger partial charge in [-0.15, -0.1) is 9.78 Å². The number of hydrogen-bond donors (Lipinski definition) is 0. The van der Waals surface area contributed by atoms with Crippen LogP contribution in [0.2, 0.25) is 0 Å². The van der Waals surface area contributed by atoms with Crippen molar-refractivity contribution in [2.24, 2.45) is 0 Å². The lowest BCUT2D eigenvalue weighted by atomic mass is 10.2. The Kier molecular flexibility index (Phi) is 2.68. The molecule has 0 aliphatic heterocycles. The minimum atomic E-state index is -0.738. The van der Waals surface area contributed by atoms with Crippen molar-refractivity contribution < 1.29 is 9.21 Å². The Labute approximate surface area is 91.3 Å². The van der Waals surface area contributed by atoms with E-state index in [1.807, 2.05) is 30.3 Å². The van der Waals surface area contributed by atoms with Gasteiger partial charge in [-0.1, -0.05) is 30.3 Å². The first-order valence-electron chi connectivity index (χ1n) is 4.81. The van der Waals surface area contributed by atoms with Gasteiger partial charge >= 0.3 is 5.76 Å². The highest BCUT2D eigenvalue weighted by Crippen LogP contribution is 2.04. The Hall–Kier alpha value is -2.17. The van der Waals surface area contributed by atoms with E-state index in [2.05, 4.69) is 5.10 Å². The molecule has 0 spiro atoms. The number of hydrogen-bond acceptors (Lipinski definition) is 4. The van der Waals surface area contributed by atoms with Gasteiger partial charge in [0, 0.05) is 6.92 Å². The maximum Gasteiger partial charge on any atom is 0.444 e. The number of rotatable bonds is 2. The van der Waals surface area contributed by atoms with E-state index in [0.29, 0.717) is 6.42 Å². The van der Waals surface area contributed by atoms with Crippen LogP contribution >= 0.6 is 0 Å². The molecular formula is C11H10N2O3. The standard InChI is InChI=1S/C11H10N2O3/c1-8(14)13-11(15)16-10(12-13)7-9-5-3-2-4-6-9/h2-6H,7H2,1H3. The summed E-state index contributed by atoms with van der Waals surface area (Å²) in [4.78, 5) is 22.2. The second-order valence-corrected chi connectivity index (χ2v) is 3.35. The molecule has 2 aromatic rings. The molecule has 16 heavy (non-hydrogen) atoms. The molecule has 5 nitrogen and oxygen atoms in total. The van der Waals surface area contributed by atoms with Crippen molar-refractivity contribution >= 4 is 5.91 Å². The molecule has 0 bridgehead atoms. The quantitative estimate of drug-likeness (QED) is 0.756. The van der Waals surface area contributed by atoms with Gasteiger partial charge in [0.2, 0.25) is 11.8 Å². The van der Waals surface area contributed by atoms with E-state index < -0.39 is 11.7 Å². The maximum atomic E-state index is 11.2. The zero-order valence-electron chi connectivity index (χ0n) is 8.71.